The summed E-state index contributed by atoms with van der Waals surface area (Å²) >= 11 is 0. The average molecular weight is 1020 g/mol. The normalized spacial score (nSPS) is 27.6. The fourth-order valence-corrected chi connectivity index (χ4v) is 18.4. The quantitative estimate of drug-likeness (QED) is 0.0350. The monoisotopic (exact) mass is 1020 g/mol. The Hall–Kier alpha value is -1.05. The van der Waals surface area contributed by atoms with Crippen LogP contribution in [0.5, 0.6) is 0 Å². The molecule has 3 rings (SSSR count). The molecule has 2 fully saturated rings. The average Bonchev–Trinajstić information content (AvgIpc) is 3.29. The Balaban J connectivity index is 2.21. The Kier molecular flexibility index (Phi) is 24.6. The van der Waals surface area contributed by atoms with Gasteiger partial charge in [0, 0.05) is 32.0 Å². The van der Waals surface area contributed by atoms with Crippen LogP contribution in [0.4, 0.5) is 0 Å². The summed E-state index contributed by atoms with van der Waals surface area (Å²) < 4.78 is 57.7. The molecule has 9 nitrogen and oxygen atoms in total. The third-order valence-corrected chi connectivity index (χ3v) is 30.9. The molecule has 0 saturated carbocycles. The SMILES string of the molecule is C=C/C=C/[C@H](CC(=C)C[C@H]1O[C@@H]([C@H](O[Si](CC)(CC)CC)[C@@]2(OC)C[C@H](O[Si](C)(C)C(C)(C)C)[C@@H](C)[C@@H](CCCCOCc3ccccc3)O2)[C@H](C)[C@@H](O[Si](CC)(CC)CC)[C@@H]1O)O[Si](C)(C)C. The van der Waals surface area contributed by atoms with Crippen LogP contribution in [0.2, 0.25) is 74.0 Å². The molecule has 2 saturated heterocycles. The summed E-state index contributed by atoms with van der Waals surface area (Å²) in [5.74, 6) is -1.35. The van der Waals surface area contributed by atoms with Crippen molar-refractivity contribution in [2.75, 3.05) is 13.7 Å². The van der Waals surface area contributed by atoms with Crippen molar-refractivity contribution in [3.8, 4) is 0 Å². The van der Waals surface area contributed by atoms with E-state index in [1.165, 1.54) is 5.56 Å². The molecule has 0 bridgehead atoms. The first-order chi connectivity index (χ1) is 31.9. The molecule has 2 heterocycles. The molecular weight excluding hydrogens is 917 g/mol. The second-order valence-corrected chi connectivity index (χ2v) is 41.5. The van der Waals surface area contributed by atoms with Crippen molar-refractivity contribution >= 4 is 33.3 Å². The maximum atomic E-state index is 12.7. The molecule has 0 amide bonds. The molecule has 392 valence electrons. The predicted octanol–water partition coefficient (Wildman–Crippen LogP) is 14.4. The van der Waals surface area contributed by atoms with Crippen LogP contribution < -0.4 is 0 Å². The van der Waals surface area contributed by atoms with Crippen LogP contribution in [0.3, 0.4) is 0 Å². The molecule has 1 aromatic carbocycles. The van der Waals surface area contributed by atoms with E-state index in [1.807, 2.05) is 12.1 Å². The minimum atomic E-state index is -2.39. The van der Waals surface area contributed by atoms with E-state index < -0.39 is 69.6 Å². The minimum Gasteiger partial charge on any atom is -0.413 e. The fraction of sp³-hybridized carbons (Fsp3) is 0.782. The van der Waals surface area contributed by atoms with Gasteiger partial charge in [0.15, 0.2) is 39.1 Å². The molecule has 0 unspecified atom stereocenters. The van der Waals surface area contributed by atoms with Gasteiger partial charge in [-0.25, -0.2) is 0 Å². The lowest BCUT2D eigenvalue weighted by Gasteiger charge is -2.57. The second-order valence-electron chi connectivity index (χ2n) is 22.8. The number of allylic oxidation sites excluding steroid dienone is 2. The van der Waals surface area contributed by atoms with Gasteiger partial charge in [-0.3, -0.25) is 0 Å². The van der Waals surface area contributed by atoms with Gasteiger partial charge in [-0.05, 0) is 112 Å². The highest BCUT2D eigenvalue weighted by Crippen LogP contribution is 2.49. The van der Waals surface area contributed by atoms with E-state index in [0.717, 1.165) is 61.1 Å². The van der Waals surface area contributed by atoms with Gasteiger partial charge >= 0.3 is 0 Å². The number of methoxy groups -OCH3 is 1. The summed E-state index contributed by atoms with van der Waals surface area (Å²) in [6, 6.07) is 16.1. The summed E-state index contributed by atoms with van der Waals surface area (Å²) in [5, 5.41) is 12.7. The maximum absolute atomic E-state index is 12.7. The number of aliphatic hydroxyl groups excluding tert-OH is 1. The molecule has 0 aromatic heterocycles. The van der Waals surface area contributed by atoms with Crippen molar-refractivity contribution in [1.82, 2.24) is 0 Å². The highest BCUT2D eigenvalue weighted by Gasteiger charge is 2.61. The lowest BCUT2D eigenvalue weighted by Crippen LogP contribution is -2.69. The van der Waals surface area contributed by atoms with Crippen molar-refractivity contribution in [1.29, 1.82) is 0 Å². The molecule has 0 radical (unpaired) electrons. The van der Waals surface area contributed by atoms with E-state index in [4.69, 9.17) is 36.7 Å². The standard InChI is InChI=1S/C55H102O9Si4/c1-20-27-35-46(61-65(15,16)17)38-42(8)39-48-50(56)51(63-67(21-2,22-3)23-4)44(10)52(59-48)53(64-68(24-5,25-6)26-7)55(57-14)40-49(62-66(18,19)54(11,12)13)43(9)47(60-55)36-31-32-37-58-41-45-33-29-28-30-34-45/h20,27-30,33-35,43-44,46-53,56H,1,8,21-26,31-32,36-41H2,2-7,9-19H3/b35-27+/t43-,44+,46+,47+,48+,49-,50+,51+,52+,53-,55+/m0/s1. The molecule has 1 N–H and O–H groups in total. The molecular formula is C55H102O9Si4. The minimum absolute atomic E-state index is 0.00304. The number of hydrogen-bond donors (Lipinski definition) is 1. The Labute approximate surface area is 421 Å². The Morgan fingerprint density at radius 3 is 1.99 bits per heavy atom. The Bertz CT molecular complexity index is 1640. The zero-order valence-corrected chi connectivity index (χ0v) is 50.4. The van der Waals surface area contributed by atoms with E-state index in [1.54, 1.807) is 13.2 Å². The summed E-state index contributed by atoms with van der Waals surface area (Å²) in [5.41, 5.74) is 2.14. The number of unbranched alkanes of at least 4 members (excludes halogenated alkanes) is 1. The Morgan fingerprint density at radius 1 is 0.853 bits per heavy atom. The molecule has 68 heavy (non-hydrogen) atoms. The third-order valence-electron chi connectivity index (χ3n) is 16.1. The number of hydrogen-bond acceptors (Lipinski definition) is 9. The number of ether oxygens (including phenoxy) is 4. The van der Waals surface area contributed by atoms with E-state index >= 15 is 0 Å². The van der Waals surface area contributed by atoms with E-state index in [-0.39, 0.29) is 35.2 Å². The third kappa shape index (κ3) is 16.7. The first-order valence-corrected chi connectivity index (χ1v) is 38.1. The van der Waals surface area contributed by atoms with Gasteiger partial charge < -0.3 is 41.8 Å². The smallest absolute Gasteiger partial charge is 0.198 e. The molecule has 2 aliphatic heterocycles. The van der Waals surface area contributed by atoms with E-state index in [9.17, 15) is 5.11 Å². The molecule has 1 aromatic rings. The van der Waals surface area contributed by atoms with Gasteiger partial charge in [0.05, 0.1) is 43.2 Å². The first-order valence-electron chi connectivity index (χ1n) is 26.7. The van der Waals surface area contributed by atoms with Crippen LogP contribution >= 0.6 is 0 Å². The van der Waals surface area contributed by atoms with Crippen molar-refractivity contribution in [3.05, 3.63) is 72.9 Å². The van der Waals surface area contributed by atoms with Crippen LogP contribution in [0.25, 0.3) is 0 Å². The van der Waals surface area contributed by atoms with Crippen molar-refractivity contribution in [2.24, 2.45) is 11.8 Å². The lowest BCUT2D eigenvalue weighted by atomic mass is 9.78. The number of aliphatic hydroxyl groups is 1. The summed E-state index contributed by atoms with van der Waals surface area (Å²) in [7, 11) is -7.01. The van der Waals surface area contributed by atoms with Crippen LogP contribution in [-0.4, -0.2) is 107 Å². The summed E-state index contributed by atoms with van der Waals surface area (Å²) in [6.45, 7) is 46.2. The molecule has 2 aliphatic rings. The van der Waals surface area contributed by atoms with Gasteiger partial charge in [0.1, 0.15) is 12.2 Å². The summed E-state index contributed by atoms with van der Waals surface area (Å²) in [4.78, 5) is 0. The molecule has 13 heteroatoms. The molecule has 0 aliphatic carbocycles. The predicted molar refractivity (Wildman–Crippen MR) is 294 cm³/mol. The zero-order valence-electron chi connectivity index (χ0n) is 46.4. The van der Waals surface area contributed by atoms with Crippen LogP contribution in [0, 0.1) is 11.8 Å². The van der Waals surface area contributed by atoms with Crippen LogP contribution in [0.1, 0.15) is 120 Å². The van der Waals surface area contributed by atoms with Crippen molar-refractivity contribution in [3.63, 3.8) is 0 Å². The van der Waals surface area contributed by atoms with Gasteiger partial charge in [0.25, 0.3) is 0 Å². The second kappa shape index (κ2) is 27.3. The topological polar surface area (TPSA) is 94.1 Å². The van der Waals surface area contributed by atoms with Crippen LogP contribution in [-0.2, 0) is 43.3 Å². The lowest BCUT2D eigenvalue weighted by molar-refractivity contribution is -0.354. The zero-order chi connectivity index (χ0) is 51.1. The van der Waals surface area contributed by atoms with Gasteiger partial charge in [0.2, 0.25) is 0 Å². The fourth-order valence-electron chi connectivity index (χ4n) is 10.1. The van der Waals surface area contributed by atoms with Crippen molar-refractivity contribution < 1.29 is 41.8 Å². The number of rotatable bonds is 30. The highest BCUT2D eigenvalue weighted by molar-refractivity contribution is 6.74. The van der Waals surface area contributed by atoms with E-state index in [2.05, 4.69) is 152 Å². The number of benzene rings is 1. The highest BCUT2D eigenvalue weighted by atomic mass is 28.4. The van der Waals surface area contributed by atoms with Crippen LogP contribution in [0.15, 0.2) is 67.3 Å². The largest absolute Gasteiger partial charge is 0.413 e. The molecule has 0 spiro atoms. The maximum Gasteiger partial charge on any atom is 0.198 e. The van der Waals surface area contributed by atoms with Gasteiger partial charge in [-0.15, -0.1) is 0 Å². The van der Waals surface area contributed by atoms with Gasteiger partial charge in [-0.2, -0.15) is 0 Å². The van der Waals surface area contributed by atoms with Crippen molar-refractivity contribution in [2.45, 2.75) is 250 Å². The van der Waals surface area contributed by atoms with Gasteiger partial charge in [-0.1, -0.05) is 143 Å². The molecule has 11 atom stereocenters. The summed E-state index contributed by atoms with van der Waals surface area (Å²) in [6.07, 6.45) is 6.47. The first kappa shape index (κ1) is 61.2. The van der Waals surface area contributed by atoms with E-state index in [0.29, 0.717) is 32.5 Å². The Morgan fingerprint density at radius 2 is 1.46 bits per heavy atom.